The summed E-state index contributed by atoms with van der Waals surface area (Å²) in [6.45, 7) is 0.352. The SMILES string of the molecule is NC1(COc2ncc([N+](=O)[O-])cn2)CCCCCC1. The lowest BCUT2D eigenvalue weighted by molar-refractivity contribution is -0.385. The number of aromatic nitrogens is 2. The molecule has 1 heterocycles. The van der Waals surface area contributed by atoms with E-state index < -0.39 is 4.92 Å². The molecule has 7 heteroatoms. The average Bonchev–Trinajstić information content (AvgIpc) is 2.62. The summed E-state index contributed by atoms with van der Waals surface area (Å²) < 4.78 is 5.47. The molecule has 1 saturated carbocycles. The molecular formula is C12H18N4O3. The van der Waals surface area contributed by atoms with Gasteiger partial charge in [0.25, 0.3) is 0 Å². The molecule has 0 radical (unpaired) electrons. The highest BCUT2D eigenvalue weighted by molar-refractivity contribution is 5.21. The fourth-order valence-corrected chi connectivity index (χ4v) is 2.26. The van der Waals surface area contributed by atoms with Gasteiger partial charge in [-0.05, 0) is 12.8 Å². The fraction of sp³-hybridized carbons (Fsp3) is 0.667. The van der Waals surface area contributed by atoms with E-state index in [-0.39, 0.29) is 17.2 Å². The van der Waals surface area contributed by atoms with E-state index in [4.69, 9.17) is 10.5 Å². The van der Waals surface area contributed by atoms with Gasteiger partial charge in [0.2, 0.25) is 0 Å². The Labute approximate surface area is 111 Å². The molecule has 0 amide bonds. The van der Waals surface area contributed by atoms with Crippen molar-refractivity contribution in [2.45, 2.75) is 44.1 Å². The van der Waals surface area contributed by atoms with E-state index in [9.17, 15) is 10.1 Å². The van der Waals surface area contributed by atoms with Gasteiger partial charge in [0.05, 0.1) is 10.5 Å². The number of nitrogens with two attached hydrogens (primary N) is 1. The van der Waals surface area contributed by atoms with Crippen molar-refractivity contribution in [2.24, 2.45) is 5.73 Å². The fourth-order valence-electron chi connectivity index (χ4n) is 2.26. The lowest BCUT2D eigenvalue weighted by atomic mass is 9.93. The maximum atomic E-state index is 10.5. The molecule has 1 aliphatic carbocycles. The van der Waals surface area contributed by atoms with Crippen LogP contribution >= 0.6 is 0 Å². The Morgan fingerprint density at radius 3 is 2.37 bits per heavy atom. The van der Waals surface area contributed by atoms with Crippen molar-refractivity contribution in [3.8, 4) is 6.01 Å². The quantitative estimate of drug-likeness (QED) is 0.506. The summed E-state index contributed by atoms with van der Waals surface area (Å²) in [5, 5.41) is 10.5. The number of nitro groups is 1. The number of ether oxygens (including phenoxy) is 1. The van der Waals surface area contributed by atoms with Crippen molar-refractivity contribution in [3.05, 3.63) is 22.5 Å². The first kappa shape index (κ1) is 13.7. The minimum Gasteiger partial charge on any atom is -0.462 e. The van der Waals surface area contributed by atoms with Crippen molar-refractivity contribution >= 4 is 5.69 Å². The first-order chi connectivity index (χ1) is 9.09. The summed E-state index contributed by atoms with van der Waals surface area (Å²) >= 11 is 0. The van der Waals surface area contributed by atoms with E-state index in [1.54, 1.807) is 0 Å². The van der Waals surface area contributed by atoms with Gasteiger partial charge in [0.15, 0.2) is 0 Å². The van der Waals surface area contributed by atoms with Crippen LogP contribution in [0.5, 0.6) is 6.01 Å². The van der Waals surface area contributed by atoms with Crippen molar-refractivity contribution in [3.63, 3.8) is 0 Å². The molecule has 2 rings (SSSR count). The van der Waals surface area contributed by atoms with Crippen LogP contribution in [0.2, 0.25) is 0 Å². The van der Waals surface area contributed by atoms with E-state index in [2.05, 4.69) is 9.97 Å². The Kier molecular flexibility index (Phi) is 4.26. The Balaban J connectivity index is 1.92. The molecule has 0 aromatic carbocycles. The molecule has 1 aromatic heterocycles. The standard InChI is InChI=1S/C12H18N4O3/c13-12(5-3-1-2-4-6-12)9-19-11-14-7-10(8-15-11)16(17)18/h7-8H,1-6,9,13H2. The highest BCUT2D eigenvalue weighted by atomic mass is 16.6. The van der Waals surface area contributed by atoms with Crippen LogP contribution < -0.4 is 10.5 Å². The van der Waals surface area contributed by atoms with E-state index in [0.29, 0.717) is 6.61 Å². The molecule has 7 nitrogen and oxygen atoms in total. The molecule has 1 aromatic rings. The molecule has 19 heavy (non-hydrogen) atoms. The lowest BCUT2D eigenvalue weighted by Crippen LogP contribution is -2.45. The summed E-state index contributed by atoms with van der Waals surface area (Å²) in [7, 11) is 0. The summed E-state index contributed by atoms with van der Waals surface area (Å²) in [4.78, 5) is 17.5. The normalized spacial score (nSPS) is 18.6. The van der Waals surface area contributed by atoms with Crippen molar-refractivity contribution in [1.82, 2.24) is 9.97 Å². The van der Waals surface area contributed by atoms with Crippen LogP contribution in [-0.2, 0) is 0 Å². The topological polar surface area (TPSA) is 104 Å². The third-order valence-corrected chi connectivity index (χ3v) is 3.41. The third-order valence-electron chi connectivity index (χ3n) is 3.41. The smallest absolute Gasteiger partial charge is 0.316 e. The molecule has 0 bridgehead atoms. The van der Waals surface area contributed by atoms with Gasteiger partial charge in [0, 0.05) is 0 Å². The van der Waals surface area contributed by atoms with Crippen LogP contribution in [0.3, 0.4) is 0 Å². The third kappa shape index (κ3) is 3.85. The second-order valence-corrected chi connectivity index (χ2v) is 5.05. The molecule has 2 N–H and O–H groups in total. The molecule has 0 spiro atoms. The van der Waals surface area contributed by atoms with Crippen LogP contribution in [0.4, 0.5) is 5.69 Å². The summed E-state index contributed by atoms with van der Waals surface area (Å²) in [6, 6.07) is 0.139. The van der Waals surface area contributed by atoms with E-state index >= 15 is 0 Å². The van der Waals surface area contributed by atoms with Crippen molar-refractivity contribution < 1.29 is 9.66 Å². The molecule has 1 fully saturated rings. The minimum absolute atomic E-state index is 0.139. The first-order valence-electron chi connectivity index (χ1n) is 6.47. The molecule has 0 saturated heterocycles. The maximum Gasteiger partial charge on any atom is 0.316 e. The van der Waals surface area contributed by atoms with Crippen LogP contribution in [-0.4, -0.2) is 27.0 Å². The Hall–Kier alpha value is -1.76. The zero-order chi connectivity index (χ0) is 13.7. The number of hydrogen-bond donors (Lipinski definition) is 1. The Morgan fingerprint density at radius 2 is 1.84 bits per heavy atom. The van der Waals surface area contributed by atoms with Crippen LogP contribution in [0.25, 0.3) is 0 Å². The van der Waals surface area contributed by atoms with Gasteiger partial charge in [-0.15, -0.1) is 0 Å². The monoisotopic (exact) mass is 266 g/mol. The van der Waals surface area contributed by atoms with Crippen LogP contribution in [0.1, 0.15) is 38.5 Å². The van der Waals surface area contributed by atoms with Gasteiger partial charge in [-0.25, -0.2) is 0 Å². The predicted octanol–water partition coefficient (Wildman–Crippen LogP) is 1.82. The number of rotatable bonds is 4. The zero-order valence-corrected chi connectivity index (χ0v) is 10.7. The molecule has 0 unspecified atom stereocenters. The summed E-state index contributed by atoms with van der Waals surface area (Å²) in [5.41, 5.74) is 5.82. The lowest BCUT2D eigenvalue weighted by Gasteiger charge is -2.27. The summed E-state index contributed by atoms with van der Waals surface area (Å²) in [6.07, 6.45) is 8.79. The molecule has 0 atom stereocenters. The minimum atomic E-state index is -0.542. The first-order valence-corrected chi connectivity index (χ1v) is 6.47. The van der Waals surface area contributed by atoms with Crippen molar-refractivity contribution in [1.29, 1.82) is 0 Å². The van der Waals surface area contributed by atoms with Gasteiger partial charge in [-0.1, -0.05) is 25.7 Å². The second kappa shape index (κ2) is 5.92. The van der Waals surface area contributed by atoms with E-state index in [1.165, 1.54) is 12.8 Å². The molecule has 1 aliphatic rings. The average molecular weight is 266 g/mol. The highest BCUT2D eigenvalue weighted by Gasteiger charge is 2.27. The van der Waals surface area contributed by atoms with Gasteiger partial charge >= 0.3 is 11.7 Å². The maximum absolute atomic E-state index is 10.5. The largest absolute Gasteiger partial charge is 0.462 e. The molecule has 104 valence electrons. The summed E-state index contributed by atoms with van der Waals surface area (Å²) in [5.74, 6) is 0. The second-order valence-electron chi connectivity index (χ2n) is 5.05. The van der Waals surface area contributed by atoms with Crippen LogP contribution in [0, 0.1) is 10.1 Å². The van der Waals surface area contributed by atoms with Gasteiger partial charge in [0.1, 0.15) is 19.0 Å². The van der Waals surface area contributed by atoms with Crippen molar-refractivity contribution in [2.75, 3.05) is 6.61 Å². The predicted molar refractivity (Wildman–Crippen MR) is 68.8 cm³/mol. The number of hydrogen-bond acceptors (Lipinski definition) is 6. The van der Waals surface area contributed by atoms with E-state index in [0.717, 1.165) is 38.1 Å². The van der Waals surface area contributed by atoms with Gasteiger partial charge in [-0.3, -0.25) is 10.1 Å². The van der Waals surface area contributed by atoms with Gasteiger partial charge < -0.3 is 10.5 Å². The zero-order valence-electron chi connectivity index (χ0n) is 10.7. The van der Waals surface area contributed by atoms with Gasteiger partial charge in [-0.2, -0.15) is 9.97 Å². The molecule has 0 aliphatic heterocycles. The van der Waals surface area contributed by atoms with E-state index in [1.807, 2.05) is 0 Å². The number of nitrogens with zero attached hydrogens (tertiary/aromatic N) is 3. The Morgan fingerprint density at radius 1 is 1.26 bits per heavy atom. The molecular weight excluding hydrogens is 248 g/mol. The highest BCUT2D eigenvalue weighted by Crippen LogP contribution is 2.25. The Bertz CT molecular complexity index is 427. The van der Waals surface area contributed by atoms with Crippen LogP contribution in [0.15, 0.2) is 12.4 Å².